The van der Waals surface area contributed by atoms with Crippen LogP contribution < -0.4 is 5.32 Å². The average Bonchev–Trinajstić information content (AvgIpc) is 3.42. The van der Waals surface area contributed by atoms with Gasteiger partial charge in [-0.15, -0.1) is 0 Å². The number of nitrogens with one attached hydrogen (secondary N) is 1. The summed E-state index contributed by atoms with van der Waals surface area (Å²) in [5, 5.41) is 7.67. The zero-order chi connectivity index (χ0) is 19.2. The normalized spacial score (nSPS) is 16.5. The first-order valence-electron chi connectivity index (χ1n) is 9.57. The quantitative estimate of drug-likeness (QED) is 0.668. The van der Waals surface area contributed by atoms with E-state index in [2.05, 4.69) is 5.32 Å². The topological polar surface area (TPSA) is 56.2 Å². The van der Waals surface area contributed by atoms with E-state index in [9.17, 15) is 4.79 Å². The molecule has 2 aromatic carbocycles. The van der Waals surface area contributed by atoms with E-state index in [1.54, 1.807) is 6.08 Å². The molecule has 1 N–H and O–H groups in total. The number of rotatable bonds is 6. The third-order valence-corrected chi connectivity index (χ3v) is 4.75. The highest BCUT2D eigenvalue weighted by molar-refractivity contribution is 5.92. The van der Waals surface area contributed by atoms with E-state index in [0.29, 0.717) is 6.54 Å². The molecule has 1 aromatic heterocycles. The van der Waals surface area contributed by atoms with Crippen molar-refractivity contribution in [3.05, 3.63) is 78.5 Å². The number of amides is 1. The first-order chi connectivity index (χ1) is 13.8. The van der Waals surface area contributed by atoms with Gasteiger partial charge in [-0.3, -0.25) is 4.79 Å². The Hall–Kier alpha value is -3.18. The SMILES string of the molecule is O=C(/C=C/c1cn(-c2ccccc2)nc1-c1ccccc1)NCC1CCCO1. The Balaban J connectivity index is 1.56. The third kappa shape index (κ3) is 4.38. The Morgan fingerprint density at radius 3 is 2.61 bits per heavy atom. The summed E-state index contributed by atoms with van der Waals surface area (Å²) in [4.78, 5) is 12.2. The number of benzene rings is 2. The summed E-state index contributed by atoms with van der Waals surface area (Å²) in [6.07, 6.45) is 7.54. The van der Waals surface area contributed by atoms with Gasteiger partial charge in [-0.1, -0.05) is 48.5 Å². The van der Waals surface area contributed by atoms with E-state index in [1.165, 1.54) is 0 Å². The Kier molecular flexibility index (Phi) is 5.64. The van der Waals surface area contributed by atoms with Gasteiger partial charge in [0.2, 0.25) is 5.91 Å². The molecule has 0 radical (unpaired) electrons. The summed E-state index contributed by atoms with van der Waals surface area (Å²) in [6, 6.07) is 19.9. The van der Waals surface area contributed by atoms with Crippen molar-refractivity contribution in [3.8, 4) is 16.9 Å². The molecular weight excluding hydrogens is 350 g/mol. The second-order valence-corrected chi connectivity index (χ2v) is 6.79. The molecule has 4 rings (SSSR count). The molecule has 142 valence electrons. The zero-order valence-electron chi connectivity index (χ0n) is 15.6. The molecule has 5 nitrogen and oxygen atoms in total. The highest BCUT2D eigenvalue weighted by Crippen LogP contribution is 2.24. The van der Waals surface area contributed by atoms with Crippen LogP contribution in [0.2, 0.25) is 0 Å². The number of carbonyl (C=O) groups excluding carboxylic acids is 1. The van der Waals surface area contributed by atoms with E-state index in [4.69, 9.17) is 9.84 Å². The fraction of sp³-hybridized carbons (Fsp3) is 0.217. The Morgan fingerprint density at radius 1 is 1.14 bits per heavy atom. The molecule has 1 unspecified atom stereocenters. The summed E-state index contributed by atoms with van der Waals surface area (Å²) in [6.45, 7) is 1.34. The third-order valence-electron chi connectivity index (χ3n) is 4.75. The summed E-state index contributed by atoms with van der Waals surface area (Å²) in [5.41, 5.74) is 3.72. The van der Waals surface area contributed by atoms with Crippen LogP contribution in [0.4, 0.5) is 0 Å². The molecule has 5 heteroatoms. The molecule has 0 aliphatic carbocycles. The van der Waals surface area contributed by atoms with Crippen molar-refractivity contribution in [2.75, 3.05) is 13.2 Å². The summed E-state index contributed by atoms with van der Waals surface area (Å²) >= 11 is 0. The number of ether oxygens (including phenoxy) is 1. The standard InChI is InChI=1S/C23H23N3O2/c27-22(24-16-21-12-7-15-28-21)14-13-19-17-26(20-10-5-2-6-11-20)25-23(19)18-8-3-1-4-9-18/h1-6,8-11,13-14,17,21H,7,12,15-16H2,(H,24,27)/b14-13+. The van der Waals surface area contributed by atoms with Crippen LogP contribution in [-0.2, 0) is 9.53 Å². The lowest BCUT2D eigenvalue weighted by Crippen LogP contribution is -2.30. The van der Waals surface area contributed by atoms with Crippen molar-refractivity contribution in [1.29, 1.82) is 0 Å². The lowest BCUT2D eigenvalue weighted by Gasteiger charge is -2.08. The lowest BCUT2D eigenvalue weighted by molar-refractivity contribution is -0.116. The average molecular weight is 373 g/mol. The molecule has 2 heterocycles. The summed E-state index contributed by atoms with van der Waals surface area (Å²) < 4.78 is 7.38. The predicted molar refractivity (Wildman–Crippen MR) is 110 cm³/mol. The first-order valence-corrected chi connectivity index (χ1v) is 9.57. The molecule has 1 saturated heterocycles. The van der Waals surface area contributed by atoms with Gasteiger partial charge >= 0.3 is 0 Å². The summed E-state index contributed by atoms with van der Waals surface area (Å²) in [7, 11) is 0. The smallest absolute Gasteiger partial charge is 0.244 e. The van der Waals surface area contributed by atoms with Crippen LogP contribution >= 0.6 is 0 Å². The molecule has 0 bridgehead atoms. The van der Waals surface area contributed by atoms with Crippen LogP contribution in [0.15, 0.2) is 72.9 Å². The molecule has 1 atom stereocenters. The van der Waals surface area contributed by atoms with Crippen molar-refractivity contribution < 1.29 is 9.53 Å². The van der Waals surface area contributed by atoms with E-state index in [-0.39, 0.29) is 12.0 Å². The van der Waals surface area contributed by atoms with Gasteiger partial charge in [-0.05, 0) is 31.1 Å². The Morgan fingerprint density at radius 2 is 1.89 bits per heavy atom. The van der Waals surface area contributed by atoms with Crippen molar-refractivity contribution in [2.45, 2.75) is 18.9 Å². The number of para-hydroxylation sites is 1. The van der Waals surface area contributed by atoms with E-state index in [0.717, 1.165) is 42.0 Å². The van der Waals surface area contributed by atoms with Gasteiger partial charge in [0.25, 0.3) is 0 Å². The van der Waals surface area contributed by atoms with E-state index >= 15 is 0 Å². The second-order valence-electron chi connectivity index (χ2n) is 6.79. The number of carbonyl (C=O) groups is 1. The summed E-state index contributed by atoms with van der Waals surface area (Å²) in [5.74, 6) is -0.123. The Labute approximate surface area is 164 Å². The second kappa shape index (κ2) is 8.67. The number of hydrogen-bond acceptors (Lipinski definition) is 3. The molecule has 1 aliphatic heterocycles. The predicted octanol–water partition coefficient (Wildman–Crippen LogP) is 3.85. The minimum absolute atomic E-state index is 0.123. The molecule has 0 saturated carbocycles. The van der Waals surface area contributed by atoms with Gasteiger partial charge in [-0.25, -0.2) is 4.68 Å². The highest BCUT2D eigenvalue weighted by Gasteiger charge is 2.15. The van der Waals surface area contributed by atoms with Gasteiger partial charge in [0.15, 0.2) is 0 Å². The number of nitrogens with zero attached hydrogens (tertiary/aromatic N) is 2. The van der Waals surface area contributed by atoms with Gasteiger partial charge in [-0.2, -0.15) is 5.10 Å². The number of hydrogen-bond donors (Lipinski definition) is 1. The lowest BCUT2D eigenvalue weighted by atomic mass is 10.1. The maximum absolute atomic E-state index is 12.2. The first kappa shape index (κ1) is 18.2. The van der Waals surface area contributed by atoms with E-state index in [1.807, 2.05) is 77.6 Å². The minimum atomic E-state index is -0.123. The van der Waals surface area contributed by atoms with Crippen LogP contribution in [0.5, 0.6) is 0 Å². The van der Waals surface area contributed by atoms with Crippen LogP contribution in [-0.4, -0.2) is 34.9 Å². The van der Waals surface area contributed by atoms with Crippen molar-refractivity contribution in [1.82, 2.24) is 15.1 Å². The molecule has 1 aliphatic rings. The van der Waals surface area contributed by atoms with Crippen molar-refractivity contribution >= 4 is 12.0 Å². The largest absolute Gasteiger partial charge is 0.376 e. The van der Waals surface area contributed by atoms with Gasteiger partial charge in [0.1, 0.15) is 0 Å². The maximum Gasteiger partial charge on any atom is 0.244 e. The van der Waals surface area contributed by atoms with Crippen LogP contribution in [0.1, 0.15) is 18.4 Å². The zero-order valence-corrected chi connectivity index (χ0v) is 15.6. The number of aromatic nitrogens is 2. The molecule has 1 fully saturated rings. The van der Waals surface area contributed by atoms with Gasteiger partial charge in [0, 0.05) is 36.6 Å². The fourth-order valence-corrected chi connectivity index (χ4v) is 3.29. The van der Waals surface area contributed by atoms with Gasteiger partial charge < -0.3 is 10.1 Å². The molecule has 1 amide bonds. The van der Waals surface area contributed by atoms with Crippen molar-refractivity contribution in [3.63, 3.8) is 0 Å². The van der Waals surface area contributed by atoms with Gasteiger partial charge in [0.05, 0.1) is 17.5 Å². The maximum atomic E-state index is 12.2. The van der Waals surface area contributed by atoms with Crippen LogP contribution in [0.25, 0.3) is 23.0 Å². The molecule has 3 aromatic rings. The highest BCUT2D eigenvalue weighted by atomic mass is 16.5. The molecule has 0 spiro atoms. The van der Waals surface area contributed by atoms with Crippen LogP contribution in [0.3, 0.4) is 0 Å². The Bertz CT molecular complexity index is 942. The monoisotopic (exact) mass is 373 g/mol. The minimum Gasteiger partial charge on any atom is -0.376 e. The van der Waals surface area contributed by atoms with E-state index < -0.39 is 0 Å². The van der Waals surface area contributed by atoms with Crippen LogP contribution in [0, 0.1) is 0 Å². The van der Waals surface area contributed by atoms with Crippen molar-refractivity contribution in [2.24, 2.45) is 0 Å². The molecular formula is C23H23N3O2. The fourth-order valence-electron chi connectivity index (χ4n) is 3.29. The molecule has 28 heavy (non-hydrogen) atoms.